The van der Waals surface area contributed by atoms with Gasteiger partial charge in [0.2, 0.25) is 0 Å². The van der Waals surface area contributed by atoms with E-state index in [-0.39, 0.29) is 6.04 Å². The highest BCUT2D eigenvalue weighted by Crippen LogP contribution is 2.29. The molecule has 0 spiro atoms. The van der Waals surface area contributed by atoms with Gasteiger partial charge in [-0.2, -0.15) is 13.2 Å². The van der Waals surface area contributed by atoms with Gasteiger partial charge in [-0.15, -0.1) is 0 Å². The Kier molecular flexibility index (Phi) is 4.70. The van der Waals surface area contributed by atoms with E-state index in [2.05, 4.69) is 22.6 Å². The van der Waals surface area contributed by atoms with Gasteiger partial charge in [0, 0.05) is 9.61 Å². The highest BCUT2D eigenvalue weighted by Gasteiger charge is 2.29. The smallest absolute Gasteiger partial charge is 0.324 e. The van der Waals surface area contributed by atoms with Crippen LogP contribution in [0.25, 0.3) is 0 Å². The minimum absolute atomic E-state index is 0.222. The summed E-state index contributed by atoms with van der Waals surface area (Å²) in [4.78, 5) is 0. The fourth-order valence-corrected chi connectivity index (χ4v) is 2.76. The normalized spacial score (nSPS) is 13.2. The second-order valence-corrected chi connectivity index (χ2v) is 5.69. The van der Waals surface area contributed by atoms with Gasteiger partial charge >= 0.3 is 6.18 Å². The SMILES string of the molecule is NC(Cc1ccc(C(F)(F)F)cc1)c1ccccc1I. The molecular weight excluding hydrogens is 378 g/mol. The highest BCUT2D eigenvalue weighted by atomic mass is 127. The number of alkyl halides is 3. The summed E-state index contributed by atoms with van der Waals surface area (Å²) in [5.74, 6) is 0. The van der Waals surface area contributed by atoms with Crippen LogP contribution in [0.1, 0.15) is 22.7 Å². The summed E-state index contributed by atoms with van der Waals surface area (Å²) in [6, 6.07) is 12.7. The first kappa shape index (κ1) is 15.3. The summed E-state index contributed by atoms with van der Waals surface area (Å²) < 4.78 is 38.5. The van der Waals surface area contributed by atoms with E-state index < -0.39 is 11.7 Å². The molecule has 0 saturated heterocycles. The van der Waals surface area contributed by atoms with Gasteiger partial charge in [0.25, 0.3) is 0 Å². The number of hydrogen-bond donors (Lipinski definition) is 1. The van der Waals surface area contributed by atoms with Crippen LogP contribution in [-0.2, 0) is 12.6 Å². The Bertz CT molecular complexity index is 578. The predicted octanol–water partition coefficient (Wildman–Crippen LogP) is 4.55. The summed E-state index contributed by atoms with van der Waals surface area (Å²) in [6.45, 7) is 0. The predicted molar refractivity (Wildman–Crippen MR) is 81.2 cm³/mol. The summed E-state index contributed by atoms with van der Waals surface area (Å²) in [5, 5.41) is 0. The van der Waals surface area contributed by atoms with E-state index in [1.807, 2.05) is 24.3 Å². The van der Waals surface area contributed by atoms with Crippen molar-refractivity contribution in [2.75, 3.05) is 0 Å². The van der Waals surface area contributed by atoms with E-state index in [9.17, 15) is 13.2 Å². The summed E-state index contributed by atoms with van der Waals surface area (Å²) in [5.41, 5.74) is 7.29. The third-order valence-electron chi connectivity index (χ3n) is 3.04. The van der Waals surface area contributed by atoms with Crippen LogP contribution in [0.15, 0.2) is 48.5 Å². The monoisotopic (exact) mass is 391 g/mol. The van der Waals surface area contributed by atoms with E-state index in [0.717, 1.165) is 26.8 Å². The molecule has 0 heterocycles. The Morgan fingerprint density at radius 2 is 1.60 bits per heavy atom. The third-order valence-corrected chi connectivity index (χ3v) is 4.02. The second kappa shape index (κ2) is 6.13. The van der Waals surface area contributed by atoms with Crippen LogP contribution in [0.5, 0.6) is 0 Å². The van der Waals surface area contributed by atoms with Crippen molar-refractivity contribution >= 4 is 22.6 Å². The van der Waals surface area contributed by atoms with Crippen molar-refractivity contribution in [3.8, 4) is 0 Å². The molecule has 2 rings (SSSR count). The van der Waals surface area contributed by atoms with Gasteiger partial charge in [-0.3, -0.25) is 0 Å². The quantitative estimate of drug-likeness (QED) is 0.764. The maximum absolute atomic E-state index is 12.5. The molecule has 1 unspecified atom stereocenters. The molecule has 0 radical (unpaired) electrons. The van der Waals surface area contributed by atoms with E-state index in [0.29, 0.717) is 6.42 Å². The third kappa shape index (κ3) is 3.73. The molecule has 0 aromatic heterocycles. The molecule has 0 aliphatic carbocycles. The Labute approximate surface area is 129 Å². The van der Waals surface area contributed by atoms with Crippen molar-refractivity contribution in [3.05, 3.63) is 68.8 Å². The van der Waals surface area contributed by atoms with Crippen LogP contribution < -0.4 is 5.73 Å². The van der Waals surface area contributed by atoms with Gasteiger partial charge < -0.3 is 5.73 Å². The number of benzene rings is 2. The minimum Gasteiger partial charge on any atom is -0.324 e. The van der Waals surface area contributed by atoms with Crippen molar-refractivity contribution in [3.63, 3.8) is 0 Å². The topological polar surface area (TPSA) is 26.0 Å². The summed E-state index contributed by atoms with van der Waals surface area (Å²) >= 11 is 2.21. The number of rotatable bonds is 3. The van der Waals surface area contributed by atoms with Crippen LogP contribution in [0.2, 0.25) is 0 Å². The lowest BCUT2D eigenvalue weighted by Crippen LogP contribution is -2.15. The first-order valence-corrected chi connectivity index (χ1v) is 7.12. The lowest BCUT2D eigenvalue weighted by molar-refractivity contribution is -0.137. The van der Waals surface area contributed by atoms with Crippen molar-refractivity contribution in [2.24, 2.45) is 5.73 Å². The molecule has 0 bridgehead atoms. The Morgan fingerprint density at radius 1 is 1.00 bits per heavy atom. The van der Waals surface area contributed by atoms with Gasteiger partial charge in [-0.25, -0.2) is 0 Å². The number of halogens is 4. The van der Waals surface area contributed by atoms with Crippen LogP contribution in [-0.4, -0.2) is 0 Å². The van der Waals surface area contributed by atoms with Crippen molar-refractivity contribution in [1.82, 2.24) is 0 Å². The van der Waals surface area contributed by atoms with Crippen molar-refractivity contribution in [2.45, 2.75) is 18.6 Å². The highest BCUT2D eigenvalue weighted by molar-refractivity contribution is 14.1. The molecule has 0 fully saturated rings. The molecule has 5 heteroatoms. The van der Waals surface area contributed by atoms with Gasteiger partial charge in [-0.05, 0) is 58.3 Å². The average Bonchev–Trinajstić information content (AvgIpc) is 2.38. The summed E-state index contributed by atoms with van der Waals surface area (Å²) in [7, 11) is 0. The molecule has 0 aliphatic heterocycles. The molecule has 0 saturated carbocycles. The van der Waals surface area contributed by atoms with Crippen LogP contribution >= 0.6 is 22.6 Å². The van der Waals surface area contributed by atoms with Crippen LogP contribution in [0.3, 0.4) is 0 Å². The van der Waals surface area contributed by atoms with Gasteiger partial charge in [0.05, 0.1) is 5.56 Å². The van der Waals surface area contributed by atoms with Crippen molar-refractivity contribution < 1.29 is 13.2 Å². The molecule has 0 amide bonds. The zero-order chi connectivity index (χ0) is 14.8. The van der Waals surface area contributed by atoms with E-state index >= 15 is 0 Å². The molecular formula is C15H13F3IN. The standard InChI is InChI=1S/C15H13F3IN/c16-15(17,18)11-7-5-10(6-8-11)9-14(20)12-3-1-2-4-13(12)19/h1-8,14H,9,20H2. The minimum atomic E-state index is -4.30. The lowest BCUT2D eigenvalue weighted by atomic mass is 9.99. The number of hydrogen-bond acceptors (Lipinski definition) is 1. The average molecular weight is 391 g/mol. The van der Waals surface area contributed by atoms with Gasteiger partial charge in [-0.1, -0.05) is 30.3 Å². The molecule has 1 atom stereocenters. The Hall–Kier alpha value is -1.08. The molecule has 20 heavy (non-hydrogen) atoms. The first-order valence-electron chi connectivity index (χ1n) is 6.04. The fraction of sp³-hybridized carbons (Fsp3) is 0.200. The van der Waals surface area contributed by atoms with Crippen LogP contribution in [0.4, 0.5) is 13.2 Å². The molecule has 2 aromatic carbocycles. The first-order chi connectivity index (χ1) is 9.38. The Balaban J connectivity index is 2.13. The zero-order valence-corrected chi connectivity index (χ0v) is 12.6. The van der Waals surface area contributed by atoms with Gasteiger partial charge in [0.15, 0.2) is 0 Å². The maximum atomic E-state index is 12.5. The second-order valence-electron chi connectivity index (χ2n) is 4.53. The molecule has 2 aromatic rings. The largest absolute Gasteiger partial charge is 0.416 e. The maximum Gasteiger partial charge on any atom is 0.416 e. The van der Waals surface area contributed by atoms with E-state index in [4.69, 9.17) is 5.73 Å². The molecule has 1 nitrogen and oxygen atoms in total. The lowest BCUT2D eigenvalue weighted by Gasteiger charge is -2.14. The number of nitrogens with two attached hydrogens (primary N) is 1. The van der Waals surface area contributed by atoms with Crippen LogP contribution in [0, 0.1) is 3.57 Å². The molecule has 2 N–H and O–H groups in total. The fourth-order valence-electron chi connectivity index (χ4n) is 1.97. The Morgan fingerprint density at radius 3 is 2.15 bits per heavy atom. The summed E-state index contributed by atoms with van der Waals surface area (Å²) in [6.07, 6.45) is -3.78. The zero-order valence-electron chi connectivity index (χ0n) is 10.5. The van der Waals surface area contributed by atoms with E-state index in [1.54, 1.807) is 0 Å². The van der Waals surface area contributed by atoms with Gasteiger partial charge in [0.1, 0.15) is 0 Å². The molecule has 0 aliphatic rings. The molecule has 106 valence electrons. The van der Waals surface area contributed by atoms with Crippen molar-refractivity contribution in [1.29, 1.82) is 0 Å². The van der Waals surface area contributed by atoms with E-state index in [1.165, 1.54) is 12.1 Å².